The molecule has 0 aliphatic rings. The van der Waals surface area contributed by atoms with E-state index in [1.54, 1.807) is 0 Å². The summed E-state index contributed by atoms with van der Waals surface area (Å²) in [5, 5.41) is 15.5. The van der Waals surface area contributed by atoms with Crippen LogP contribution in [0, 0.1) is 5.92 Å². The number of carbonyl (C=O) groups excluding carboxylic acids is 3. The van der Waals surface area contributed by atoms with Crippen LogP contribution >= 0.6 is 0 Å². The number of alkyl carbamates (subject to hydrolysis) is 1. The fourth-order valence-electron chi connectivity index (χ4n) is 1.98. The number of ether oxygens (including phenoxy) is 1. The van der Waals surface area contributed by atoms with Crippen LogP contribution in [0.5, 0.6) is 0 Å². The Bertz CT molecular complexity index is 559. The first-order chi connectivity index (χ1) is 11.3. The van der Waals surface area contributed by atoms with Crippen molar-refractivity contribution in [2.45, 2.75) is 45.9 Å². The molecule has 0 bridgehead atoms. The lowest BCUT2D eigenvalue weighted by Crippen LogP contribution is -2.53. The number of aliphatic carboxylic acids is 1. The first kappa shape index (κ1) is 19.5. The Morgan fingerprint density at radius 3 is 2.25 bits per heavy atom. The fraction of sp³-hybridized carbons (Fsp3) is 0.471. The molecule has 1 aromatic rings. The van der Waals surface area contributed by atoms with Crippen molar-refractivity contribution in [1.82, 2.24) is 10.6 Å². The summed E-state index contributed by atoms with van der Waals surface area (Å²) in [4.78, 5) is 34.7. The minimum Gasteiger partial charge on any atom is -0.548 e. The van der Waals surface area contributed by atoms with Crippen LogP contribution in [0.1, 0.15) is 32.8 Å². The van der Waals surface area contributed by atoms with Gasteiger partial charge in [-0.2, -0.15) is 0 Å². The molecular weight excluding hydrogens is 312 g/mol. The van der Waals surface area contributed by atoms with E-state index in [2.05, 4.69) is 10.6 Å². The predicted octanol–water partition coefficient (Wildman–Crippen LogP) is 0.582. The SMILES string of the molecule is CC(C)C[C@H](NC(=O)OCc1ccccc1)C(=O)N[C@H](C)C(=O)[O-]. The number of rotatable bonds is 8. The van der Waals surface area contributed by atoms with E-state index in [4.69, 9.17) is 4.74 Å². The molecule has 0 fully saturated rings. The van der Waals surface area contributed by atoms with Crippen molar-refractivity contribution in [3.63, 3.8) is 0 Å². The van der Waals surface area contributed by atoms with E-state index in [-0.39, 0.29) is 12.5 Å². The van der Waals surface area contributed by atoms with Crippen molar-refractivity contribution in [3.05, 3.63) is 35.9 Å². The average molecular weight is 335 g/mol. The smallest absolute Gasteiger partial charge is 0.408 e. The Kier molecular flexibility index (Phi) is 7.74. The average Bonchev–Trinajstić information content (AvgIpc) is 2.52. The Balaban J connectivity index is 2.59. The molecule has 7 heteroatoms. The van der Waals surface area contributed by atoms with E-state index in [0.717, 1.165) is 5.56 Å². The molecule has 2 atom stereocenters. The van der Waals surface area contributed by atoms with Gasteiger partial charge in [0.1, 0.15) is 12.6 Å². The molecule has 132 valence electrons. The maximum absolute atomic E-state index is 12.1. The van der Waals surface area contributed by atoms with E-state index in [1.165, 1.54) is 6.92 Å². The number of hydrogen-bond acceptors (Lipinski definition) is 5. The normalized spacial score (nSPS) is 13.0. The van der Waals surface area contributed by atoms with Crippen LogP contribution in [0.4, 0.5) is 4.79 Å². The minimum absolute atomic E-state index is 0.0815. The van der Waals surface area contributed by atoms with Gasteiger partial charge in [-0.1, -0.05) is 44.2 Å². The molecule has 1 rings (SSSR count). The van der Waals surface area contributed by atoms with Gasteiger partial charge in [0.15, 0.2) is 0 Å². The van der Waals surface area contributed by atoms with E-state index in [0.29, 0.717) is 6.42 Å². The number of hydrogen-bond donors (Lipinski definition) is 2. The second-order valence-electron chi connectivity index (χ2n) is 5.94. The zero-order valence-electron chi connectivity index (χ0n) is 14.1. The van der Waals surface area contributed by atoms with Gasteiger partial charge in [0.2, 0.25) is 5.91 Å². The molecule has 0 heterocycles. The largest absolute Gasteiger partial charge is 0.548 e. The molecule has 0 spiro atoms. The van der Waals surface area contributed by atoms with Crippen LogP contribution in [0.15, 0.2) is 30.3 Å². The fourth-order valence-corrected chi connectivity index (χ4v) is 1.98. The van der Waals surface area contributed by atoms with Gasteiger partial charge in [-0.15, -0.1) is 0 Å². The summed E-state index contributed by atoms with van der Waals surface area (Å²) >= 11 is 0. The topological polar surface area (TPSA) is 108 Å². The van der Waals surface area contributed by atoms with Gasteiger partial charge in [0.25, 0.3) is 0 Å². The molecule has 2 N–H and O–H groups in total. The first-order valence-electron chi connectivity index (χ1n) is 7.78. The third-order valence-corrected chi connectivity index (χ3v) is 3.24. The van der Waals surface area contributed by atoms with E-state index in [9.17, 15) is 19.5 Å². The lowest BCUT2D eigenvalue weighted by Gasteiger charge is -2.22. The molecule has 1 aromatic carbocycles. The second kappa shape index (κ2) is 9.54. The highest BCUT2D eigenvalue weighted by molar-refractivity contribution is 5.88. The molecule has 0 aliphatic heterocycles. The Hall–Kier alpha value is -2.57. The lowest BCUT2D eigenvalue weighted by molar-refractivity contribution is -0.307. The van der Waals surface area contributed by atoms with Crippen LogP contribution in [0.3, 0.4) is 0 Å². The van der Waals surface area contributed by atoms with Gasteiger partial charge in [-0.05, 0) is 24.8 Å². The summed E-state index contributed by atoms with van der Waals surface area (Å²) in [5.74, 6) is -1.86. The second-order valence-corrected chi connectivity index (χ2v) is 5.94. The van der Waals surface area contributed by atoms with Crippen LogP contribution in [0.25, 0.3) is 0 Å². The van der Waals surface area contributed by atoms with Crippen LogP contribution in [-0.2, 0) is 20.9 Å². The Morgan fingerprint density at radius 2 is 1.71 bits per heavy atom. The Labute approximate surface area is 141 Å². The van der Waals surface area contributed by atoms with E-state index in [1.807, 2.05) is 44.2 Å². The molecule has 0 aromatic heterocycles. The van der Waals surface area contributed by atoms with Gasteiger partial charge in [0, 0.05) is 0 Å². The minimum atomic E-state index is -1.39. The number of amides is 2. The molecule has 0 saturated heterocycles. The summed E-state index contributed by atoms with van der Waals surface area (Å²) in [6.07, 6.45) is -0.382. The van der Waals surface area contributed by atoms with Crippen molar-refractivity contribution in [2.24, 2.45) is 5.92 Å². The number of carbonyl (C=O) groups is 3. The molecular formula is C17H23N2O5-. The van der Waals surface area contributed by atoms with E-state index < -0.39 is 30.1 Å². The zero-order chi connectivity index (χ0) is 18.1. The van der Waals surface area contributed by atoms with Crippen LogP contribution < -0.4 is 15.7 Å². The summed E-state index contributed by atoms with van der Waals surface area (Å²) in [7, 11) is 0. The standard InChI is InChI=1S/C17H24N2O5/c1-11(2)9-14(15(20)18-12(3)16(21)22)19-17(23)24-10-13-7-5-4-6-8-13/h4-8,11-12,14H,9-10H2,1-3H3,(H,18,20)(H,19,23)(H,21,22)/p-1/t12-,14+/m1/s1. The van der Waals surface area contributed by atoms with Crippen molar-refractivity contribution in [3.8, 4) is 0 Å². The lowest BCUT2D eigenvalue weighted by atomic mass is 10.0. The quantitative estimate of drug-likeness (QED) is 0.722. The van der Waals surface area contributed by atoms with Gasteiger partial charge in [-0.3, -0.25) is 4.79 Å². The molecule has 0 unspecified atom stereocenters. The van der Waals surface area contributed by atoms with Gasteiger partial charge in [-0.25, -0.2) is 4.79 Å². The maximum Gasteiger partial charge on any atom is 0.408 e. The molecule has 2 amide bonds. The summed E-state index contributed by atoms with van der Waals surface area (Å²) in [6, 6.07) is 7.11. The number of carboxylic acid groups (broad SMARTS) is 1. The highest BCUT2D eigenvalue weighted by Crippen LogP contribution is 2.07. The maximum atomic E-state index is 12.1. The van der Waals surface area contributed by atoms with Gasteiger partial charge >= 0.3 is 6.09 Å². The molecule has 24 heavy (non-hydrogen) atoms. The summed E-state index contributed by atoms with van der Waals surface area (Å²) in [6.45, 7) is 5.16. The zero-order valence-corrected chi connectivity index (χ0v) is 14.1. The van der Waals surface area contributed by atoms with Crippen molar-refractivity contribution in [1.29, 1.82) is 0 Å². The first-order valence-corrected chi connectivity index (χ1v) is 7.78. The number of benzene rings is 1. The highest BCUT2D eigenvalue weighted by Gasteiger charge is 2.24. The van der Waals surface area contributed by atoms with E-state index >= 15 is 0 Å². The van der Waals surface area contributed by atoms with Gasteiger partial charge in [0.05, 0.1) is 12.0 Å². The molecule has 0 saturated carbocycles. The summed E-state index contributed by atoms with van der Waals surface area (Å²) in [5.41, 5.74) is 0.822. The van der Waals surface area contributed by atoms with Crippen molar-refractivity contribution < 1.29 is 24.2 Å². The monoisotopic (exact) mass is 335 g/mol. The van der Waals surface area contributed by atoms with Crippen molar-refractivity contribution in [2.75, 3.05) is 0 Å². The van der Waals surface area contributed by atoms with Crippen molar-refractivity contribution >= 4 is 18.0 Å². The molecule has 0 aliphatic carbocycles. The van der Waals surface area contributed by atoms with Crippen LogP contribution in [-0.4, -0.2) is 30.1 Å². The van der Waals surface area contributed by atoms with Crippen LogP contribution in [0.2, 0.25) is 0 Å². The Morgan fingerprint density at radius 1 is 1.08 bits per heavy atom. The molecule has 7 nitrogen and oxygen atoms in total. The number of carboxylic acids is 1. The number of nitrogens with one attached hydrogen (secondary N) is 2. The third-order valence-electron chi connectivity index (χ3n) is 3.24. The molecule has 0 radical (unpaired) electrons. The van der Waals surface area contributed by atoms with Gasteiger partial charge < -0.3 is 25.3 Å². The third kappa shape index (κ3) is 7.13. The predicted molar refractivity (Wildman–Crippen MR) is 85.6 cm³/mol. The summed E-state index contributed by atoms with van der Waals surface area (Å²) < 4.78 is 5.08. The highest BCUT2D eigenvalue weighted by atomic mass is 16.5.